The van der Waals surface area contributed by atoms with E-state index in [9.17, 15) is 0 Å². The standard InChI is InChI=1S/C15H24N4O/c1-4-7-19-12-17-10-13(19)9-16-11-14(18(2)3)15-6-5-8-20-15/h5-6,8,10,12,14,16H,4,7,9,11H2,1-3H3. The Balaban J connectivity index is 1.89. The van der Waals surface area contributed by atoms with Crippen molar-refractivity contribution in [3.8, 4) is 0 Å². The predicted octanol–water partition coefficient (Wildman–Crippen LogP) is 2.28. The van der Waals surface area contributed by atoms with Crippen molar-refractivity contribution in [1.82, 2.24) is 19.8 Å². The van der Waals surface area contributed by atoms with Crippen molar-refractivity contribution in [3.05, 3.63) is 42.4 Å². The Morgan fingerprint density at radius 3 is 2.95 bits per heavy atom. The van der Waals surface area contributed by atoms with Gasteiger partial charge in [-0.15, -0.1) is 0 Å². The second-order valence-corrected chi connectivity index (χ2v) is 5.20. The number of hydrogen-bond acceptors (Lipinski definition) is 4. The first-order valence-corrected chi connectivity index (χ1v) is 7.12. The molecule has 0 radical (unpaired) electrons. The van der Waals surface area contributed by atoms with E-state index >= 15 is 0 Å². The maximum atomic E-state index is 5.51. The third-order valence-corrected chi connectivity index (χ3v) is 3.40. The molecular formula is C15H24N4O. The van der Waals surface area contributed by atoms with Crippen molar-refractivity contribution in [2.45, 2.75) is 32.5 Å². The molecule has 0 aliphatic heterocycles. The molecule has 0 saturated carbocycles. The Labute approximate surface area is 120 Å². The van der Waals surface area contributed by atoms with Gasteiger partial charge in [0.25, 0.3) is 0 Å². The van der Waals surface area contributed by atoms with Crippen LogP contribution in [0.1, 0.15) is 30.8 Å². The molecule has 2 aromatic heterocycles. The average Bonchev–Trinajstić information content (AvgIpc) is 3.06. The van der Waals surface area contributed by atoms with E-state index in [0.717, 1.165) is 31.8 Å². The van der Waals surface area contributed by atoms with Gasteiger partial charge in [0, 0.05) is 25.8 Å². The lowest BCUT2D eigenvalue weighted by Gasteiger charge is -2.22. The van der Waals surface area contributed by atoms with Crippen LogP contribution in [0.2, 0.25) is 0 Å². The summed E-state index contributed by atoms with van der Waals surface area (Å²) in [5, 5.41) is 3.49. The molecule has 20 heavy (non-hydrogen) atoms. The van der Waals surface area contributed by atoms with Gasteiger partial charge in [-0.25, -0.2) is 4.98 Å². The van der Waals surface area contributed by atoms with E-state index < -0.39 is 0 Å². The smallest absolute Gasteiger partial charge is 0.122 e. The van der Waals surface area contributed by atoms with Crippen LogP contribution in [0.4, 0.5) is 0 Å². The van der Waals surface area contributed by atoms with Crippen LogP contribution >= 0.6 is 0 Å². The van der Waals surface area contributed by atoms with E-state index in [1.54, 1.807) is 6.26 Å². The Morgan fingerprint density at radius 1 is 1.45 bits per heavy atom. The molecular weight excluding hydrogens is 252 g/mol. The molecule has 0 amide bonds. The number of hydrogen-bond donors (Lipinski definition) is 1. The van der Waals surface area contributed by atoms with Crippen LogP contribution in [0.15, 0.2) is 35.3 Å². The van der Waals surface area contributed by atoms with Gasteiger partial charge in [-0.2, -0.15) is 0 Å². The number of likely N-dealkylation sites (N-methyl/N-ethyl adjacent to an activating group) is 1. The topological polar surface area (TPSA) is 46.2 Å². The number of aryl methyl sites for hydroxylation is 1. The summed E-state index contributed by atoms with van der Waals surface area (Å²) >= 11 is 0. The minimum Gasteiger partial charge on any atom is -0.468 e. The molecule has 0 fully saturated rings. The SMILES string of the molecule is CCCn1cncc1CNCC(c1ccco1)N(C)C. The van der Waals surface area contributed by atoms with E-state index in [1.807, 2.05) is 24.7 Å². The molecule has 0 saturated heterocycles. The molecule has 1 unspecified atom stereocenters. The summed E-state index contributed by atoms with van der Waals surface area (Å²) < 4.78 is 7.71. The first kappa shape index (κ1) is 14.8. The second-order valence-electron chi connectivity index (χ2n) is 5.20. The van der Waals surface area contributed by atoms with Gasteiger partial charge in [-0.1, -0.05) is 6.92 Å². The summed E-state index contributed by atoms with van der Waals surface area (Å²) in [6.45, 7) is 4.87. The van der Waals surface area contributed by atoms with Crippen molar-refractivity contribution in [2.75, 3.05) is 20.6 Å². The number of aromatic nitrogens is 2. The highest BCUT2D eigenvalue weighted by Crippen LogP contribution is 2.17. The summed E-state index contributed by atoms with van der Waals surface area (Å²) in [5.41, 5.74) is 1.23. The molecule has 0 bridgehead atoms. The van der Waals surface area contributed by atoms with Crippen molar-refractivity contribution >= 4 is 0 Å². The maximum Gasteiger partial charge on any atom is 0.122 e. The lowest BCUT2D eigenvalue weighted by atomic mass is 10.2. The Kier molecular flexibility index (Phi) is 5.38. The quantitative estimate of drug-likeness (QED) is 0.803. The van der Waals surface area contributed by atoms with Gasteiger partial charge in [0.05, 0.1) is 24.3 Å². The third-order valence-electron chi connectivity index (χ3n) is 3.40. The van der Waals surface area contributed by atoms with Crippen molar-refractivity contribution in [2.24, 2.45) is 0 Å². The van der Waals surface area contributed by atoms with E-state index in [4.69, 9.17) is 4.42 Å². The minimum atomic E-state index is 0.243. The molecule has 0 aliphatic carbocycles. The molecule has 0 spiro atoms. The van der Waals surface area contributed by atoms with E-state index in [2.05, 4.69) is 40.8 Å². The highest BCUT2D eigenvalue weighted by atomic mass is 16.3. The number of rotatable bonds is 8. The van der Waals surface area contributed by atoms with Crippen LogP contribution in [-0.4, -0.2) is 35.1 Å². The highest BCUT2D eigenvalue weighted by molar-refractivity contribution is 5.05. The van der Waals surface area contributed by atoms with Crippen LogP contribution in [0, 0.1) is 0 Å². The second kappa shape index (κ2) is 7.26. The highest BCUT2D eigenvalue weighted by Gasteiger charge is 2.16. The molecule has 1 N–H and O–H groups in total. The summed E-state index contributed by atoms with van der Waals surface area (Å²) in [7, 11) is 4.13. The largest absolute Gasteiger partial charge is 0.468 e. The number of nitrogens with zero attached hydrogens (tertiary/aromatic N) is 3. The molecule has 2 heterocycles. The molecule has 0 aliphatic rings. The maximum absolute atomic E-state index is 5.51. The third kappa shape index (κ3) is 3.71. The Bertz CT molecular complexity index is 490. The van der Waals surface area contributed by atoms with Crippen molar-refractivity contribution in [3.63, 3.8) is 0 Å². The Morgan fingerprint density at radius 2 is 2.30 bits per heavy atom. The van der Waals surface area contributed by atoms with E-state index in [-0.39, 0.29) is 6.04 Å². The summed E-state index contributed by atoms with van der Waals surface area (Å²) in [6.07, 6.45) is 6.68. The molecule has 0 aromatic carbocycles. The van der Waals surface area contributed by atoms with Crippen LogP contribution in [0.3, 0.4) is 0 Å². The fourth-order valence-electron chi connectivity index (χ4n) is 2.29. The molecule has 2 aromatic rings. The first-order valence-electron chi connectivity index (χ1n) is 7.12. The number of furan rings is 1. The lowest BCUT2D eigenvalue weighted by Crippen LogP contribution is -2.31. The van der Waals surface area contributed by atoms with Crippen molar-refractivity contribution < 1.29 is 4.42 Å². The van der Waals surface area contributed by atoms with Gasteiger partial charge in [0.2, 0.25) is 0 Å². The average molecular weight is 276 g/mol. The van der Waals surface area contributed by atoms with Gasteiger partial charge >= 0.3 is 0 Å². The van der Waals surface area contributed by atoms with Crippen LogP contribution in [0.25, 0.3) is 0 Å². The van der Waals surface area contributed by atoms with Crippen molar-refractivity contribution in [1.29, 1.82) is 0 Å². The molecule has 1 atom stereocenters. The van der Waals surface area contributed by atoms with E-state index in [1.165, 1.54) is 5.69 Å². The molecule has 5 nitrogen and oxygen atoms in total. The zero-order chi connectivity index (χ0) is 14.4. The summed E-state index contributed by atoms with van der Waals surface area (Å²) in [5.74, 6) is 0.990. The van der Waals surface area contributed by atoms with Gasteiger partial charge in [-0.3, -0.25) is 4.90 Å². The van der Waals surface area contributed by atoms with Gasteiger partial charge < -0.3 is 14.3 Å². The molecule has 5 heteroatoms. The Hall–Kier alpha value is -1.59. The zero-order valence-corrected chi connectivity index (χ0v) is 12.5. The van der Waals surface area contributed by atoms with Gasteiger partial charge in [-0.05, 0) is 32.6 Å². The summed E-state index contributed by atoms with van der Waals surface area (Å²) in [4.78, 5) is 6.38. The van der Waals surface area contributed by atoms with E-state index in [0.29, 0.717) is 0 Å². The number of nitrogens with one attached hydrogen (secondary N) is 1. The minimum absolute atomic E-state index is 0.243. The molecule has 110 valence electrons. The first-order chi connectivity index (χ1) is 9.72. The predicted molar refractivity (Wildman–Crippen MR) is 79.4 cm³/mol. The molecule has 2 rings (SSSR count). The van der Waals surface area contributed by atoms with Crippen LogP contribution < -0.4 is 5.32 Å². The van der Waals surface area contributed by atoms with Gasteiger partial charge in [0.1, 0.15) is 5.76 Å². The normalized spacial score (nSPS) is 13.0. The lowest BCUT2D eigenvalue weighted by molar-refractivity contribution is 0.249. The van der Waals surface area contributed by atoms with Gasteiger partial charge in [0.15, 0.2) is 0 Å². The monoisotopic (exact) mass is 276 g/mol. The number of imidazole rings is 1. The fourth-order valence-corrected chi connectivity index (χ4v) is 2.29. The summed E-state index contributed by atoms with van der Waals surface area (Å²) in [6, 6.07) is 4.20. The zero-order valence-electron chi connectivity index (χ0n) is 12.5. The fraction of sp³-hybridized carbons (Fsp3) is 0.533. The van der Waals surface area contributed by atoms with Crippen LogP contribution in [-0.2, 0) is 13.1 Å². The van der Waals surface area contributed by atoms with Crippen LogP contribution in [0.5, 0.6) is 0 Å².